The molecule has 0 spiro atoms. The molecule has 0 saturated heterocycles. The molecule has 3 aromatic carbocycles. The van der Waals surface area contributed by atoms with Crippen molar-refractivity contribution in [3.05, 3.63) is 92.2 Å². The summed E-state index contributed by atoms with van der Waals surface area (Å²) < 4.78 is 2.61. The van der Waals surface area contributed by atoms with Gasteiger partial charge in [0.15, 0.2) is 5.16 Å². The predicted octanol–water partition coefficient (Wildman–Crippen LogP) is 5.80. The molecular formula is C25H22BrN3O2S. The van der Waals surface area contributed by atoms with Crippen LogP contribution in [0, 0.1) is 20.8 Å². The van der Waals surface area contributed by atoms with Gasteiger partial charge >= 0.3 is 0 Å². The van der Waals surface area contributed by atoms with Crippen LogP contribution in [-0.4, -0.2) is 21.2 Å². The molecule has 1 aromatic heterocycles. The van der Waals surface area contributed by atoms with Crippen LogP contribution in [0.4, 0.5) is 5.69 Å². The van der Waals surface area contributed by atoms with Crippen molar-refractivity contribution in [1.82, 2.24) is 9.55 Å². The Hall–Kier alpha value is -2.90. The minimum Gasteiger partial charge on any atom is -0.325 e. The summed E-state index contributed by atoms with van der Waals surface area (Å²) in [5.41, 5.74) is 5.11. The summed E-state index contributed by atoms with van der Waals surface area (Å²) in [6.45, 7) is 5.97. The SMILES string of the molecule is Cc1cc(NC(=O)CSc2nc3ccccc3c(=O)n2-c2cccc(C)c2C)ccc1Br. The van der Waals surface area contributed by atoms with Gasteiger partial charge in [0.1, 0.15) is 0 Å². The molecule has 0 radical (unpaired) electrons. The van der Waals surface area contributed by atoms with Gasteiger partial charge in [-0.15, -0.1) is 0 Å². The van der Waals surface area contributed by atoms with Gasteiger partial charge in [0.2, 0.25) is 5.91 Å². The Balaban J connectivity index is 1.70. The minimum atomic E-state index is -0.161. The van der Waals surface area contributed by atoms with Crippen molar-refractivity contribution in [2.45, 2.75) is 25.9 Å². The molecule has 1 heterocycles. The van der Waals surface area contributed by atoms with Crippen LogP contribution in [0.5, 0.6) is 0 Å². The number of nitrogens with one attached hydrogen (secondary N) is 1. The van der Waals surface area contributed by atoms with E-state index in [0.717, 1.165) is 32.5 Å². The second kappa shape index (κ2) is 9.30. The smallest absolute Gasteiger partial charge is 0.266 e. The Morgan fingerprint density at radius 2 is 1.81 bits per heavy atom. The second-order valence-corrected chi connectivity index (χ2v) is 9.37. The summed E-state index contributed by atoms with van der Waals surface area (Å²) in [5.74, 6) is -0.0308. The van der Waals surface area contributed by atoms with Crippen LogP contribution in [0.1, 0.15) is 16.7 Å². The lowest BCUT2D eigenvalue weighted by atomic mass is 10.1. The van der Waals surface area contributed by atoms with E-state index in [4.69, 9.17) is 4.98 Å². The van der Waals surface area contributed by atoms with E-state index in [1.165, 1.54) is 11.8 Å². The lowest BCUT2D eigenvalue weighted by Crippen LogP contribution is -2.23. The molecule has 0 fully saturated rings. The first kappa shape index (κ1) is 22.3. The number of hydrogen-bond donors (Lipinski definition) is 1. The average Bonchev–Trinajstić information content (AvgIpc) is 2.77. The normalized spacial score (nSPS) is 11.0. The molecular weight excluding hydrogens is 486 g/mol. The lowest BCUT2D eigenvalue weighted by Gasteiger charge is -2.16. The van der Waals surface area contributed by atoms with E-state index in [-0.39, 0.29) is 17.2 Å². The van der Waals surface area contributed by atoms with Crippen LogP contribution in [-0.2, 0) is 4.79 Å². The highest BCUT2D eigenvalue weighted by Gasteiger charge is 2.16. The lowest BCUT2D eigenvalue weighted by molar-refractivity contribution is -0.113. The zero-order valence-electron chi connectivity index (χ0n) is 18.0. The van der Waals surface area contributed by atoms with Crippen LogP contribution < -0.4 is 10.9 Å². The molecule has 0 saturated carbocycles. The number of rotatable bonds is 5. The second-order valence-electron chi connectivity index (χ2n) is 7.57. The van der Waals surface area contributed by atoms with Gasteiger partial charge in [0.05, 0.1) is 22.3 Å². The van der Waals surface area contributed by atoms with Gasteiger partial charge in [0.25, 0.3) is 5.56 Å². The Morgan fingerprint density at radius 3 is 2.59 bits per heavy atom. The summed E-state index contributed by atoms with van der Waals surface area (Å²) in [5, 5.41) is 3.95. The van der Waals surface area contributed by atoms with Crippen LogP contribution >= 0.6 is 27.7 Å². The molecule has 0 aliphatic carbocycles. The minimum absolute atomic E-state index is 0.130. The highest BCUT2D eigenvalue weighted by molar-refractivity contribution is 9.10. The number of nitrogens with zero attached hydrogens (tertiary/aromatic N) is 2. The standard InChI is InChI=1S/C25H22BrN3O2S/c1-15-7-6-10-22(17(15)3)29-24(31)19-8-4-5-9-21(19)28-25(29)32-14-23(30)27-18-11-12-20(26)16(2)13-18/h4-13H,14H2,1-3H3,(H,27,30). The zero-order chi connectivity index (χ0) is 22.8. The van der Waals surface area contributed by atoms with Gasteiger partial charge in [-0.1, -0.05) is 52.0 Å². The van der Waals surface area contributed by atoms with E-state index in [1.807, 2.05) is 75.4 Å². The Morgan fingerprint density at radius 1 is 1.03 bits per heavy atom. The van der Waals surface area contributed by atoms with Crippen molar-refractivity contribution in [2.24, 2.45) is 0 Å². The third-order valence-corrected chi connectivity index (χ3v) is 7.16. The van der Waals surface area contributed by atoms with E-state index in [1.54, 1.807) is 10.6 Å². The highest BCUT2D eigenvalue weighted by atomic mass is 79.9. The highest BCUT2D eigenvalue weighted by Crippen LogP contribution is 2.25. The van der Waals surface area contributed by atoms with E-state index >= 15 is 0 Å². The quantitative estimate of drug-likeness (QED) is 0.273. The van der Waals surface area contributed by atoms with Gasteiger partial charge in [-0.2, -0.15) is 0 Å². The molecule has 4 aromatic rings. The first-order chi connectivity index (χ1) is 15.3. The fourth-order valence-corrected chi connectivity index (χ4v) is 4.50. The molecule has 32 heavy (non-hydrogen) atoms. The fourth-order valence-electron chi connectivity index (χ4n) is 3.45. The van der Waals surface area contributed by atoms with Gasteiger partial charge in [-0.25, -0.2) is 4.98 Å². The number of hydrogen-bond acceptors (Lipinski definition) is 4. The molecule has 0 bridgehead atoms. The van der Waals surface area contributed by atoms with Crippen molar-refractivity contribution in [2.75, 3.05) is 11.1 Å². The number of aryl methyl sites for hydroxylation is 2. The van der Waals surface area contributed by atoms with E-state index in [0.29, 0.717) is 16.1 Å². The van der Waals surface area contributed by atoms with Crippen LogP contribution in [0.15, 0.2) is 75.1 Å². The number of carbonyl (C=O) groups is 1. The van der Waals surface area contributed by atoms with Crippen LogP contribution in [0.3, 0.4) is 0 Å². The molecule has 1 N–H and O–H groups in total. The van der Waals surface area contributed by atoms with E-state index in [9.17, 15) is 9.59 Å². The number of halogens is 1. The maximum atomic E-state index is 13.4. The summed E-state index contributed by atoms with van der Waals surface area (Å²) >= 11 is 4.72. The Bertz CT molecular complexity index is 1400. The van der Waals surface area contributed by atoms with E-state index in [2.05, 4.69) is 21.2 Å². The number of aromatic nitrogens is 2. The molecule has 1 amide bonds. The third-order valence-electron chi connectivity index (χ3n) is 5.34. The van der Waals surface area contributed by atoms with Crippen molar-refractivity contribution in [3.63, 3.8) is 0 Å². The molecule has 5 nitrogen and oxygen atoms in total. The summed E-state index contributed by atoms with van der Waals surface area (Å²) in [6, 6.07) is 18.8. The number of para-hydroxylation sites is 1. The maximum Gasteiger partial charge on any atom is 0.266 e. The molecule has 0 unspecified atom stereocenters. The first-order valence-corrected chi connectivity index (χ1v) is 11.9. The summed E-state index contributed by atoms with van der Waals surface area (Å²) in [7, 11) is 0. The largest absolute Gasteiger partial charge is 0.325 e. The third kappa shape index (κ3) is 4.49. The number of carbonyl (C=O) groups excluding carboxylic acids is 1. The number of benzene rings is 3. The molecule has 7 heteroatoms. The van der Waals surface area contributed by atoms with Gasteiger partial charge in [0, 0.05) is 10.2 Å². The zero-order valence-corrected chi connectivity index (χ0v) is 20.4. The average molecular weight is 508 g/mol. The molecule has 4 rings (SSSR count). The number of anilines is 1. The summed E-state index contributed by atoms with van der Waals surface area (Å²) in [6.07, 6.45) is 0. The van der Waals surface area contributed by atoms with Crippen LogP contribution in [0.25, 0.3) is 16.6 Å². The number of amides is 1. The van der Waals surface area contributed by atoms with E-state index < -0.39 is 0 Å². The monoisotopic (exact) mass is 507 g/mol. The van der Waals surface area contributed by atoms with Gasteiger partial charge < -0.3 is 5.32 Å². The molecule has 0 aliphatic heterocycles. The van der Waals surface area contributed by atoms with Crippen molar-refractivity contribution >= 4 is 50.2 Å². The topological polar surface area (TPSA) is 64.0 Å². The fraction of sp³-hybridized carbons (Fsp3) is 0.160. The Kier molecular flexibility index (Phi) is 6.48. The first-order valence-electron chi connectivity index (χ1n) is 10.1. The predicted molar refractivity (Wildman–Crippen MR) is 135 cm³/mol. The van der Waals surface area contributed by atoms with Gasteiger partial charge in [-0.05, 0) is 73.9 Å². The molecule has 0 atom stereocenters. The van der Waals surface area contributed by atoms with Crippen molar-refractivity contribution < 1.29 is 4.79 Å². The maximum absolute atomic E-state index is 13.4. The number of thioether (sulfide) groups is 1. The number of fused-ring (bicyclic) bond motifs is 1. The molecule has 162 valence electrons. The van der Waals surface area contributed by atoms with Gasteiger partial charge in [-0.3, -0.25) is 14.2 Å². The van der Waals surface area contributed by atoms with Crippen molar-refractivity contribution in [3.8, 4) is 5.69 Å². The summed E-state index contributed by atoms with van der Waals surface area (Å²) in [4.78, 5) is 30.8. The van der Waals surface area contributed by atoms with Crippen LogP contribution in [0.2, 0.25) is 0 Å². The molecule has 0 aliphatic rings. The van der Waals surface area contributed by atoms with Crippen molar-refractivity contribution in [1.29, 1.82) is 0 Å². The Labute approximate surface area is 199 Å².